The summed E-state index contributed by atoms with van der Waals surface area (Å²) >= 11 is 0.986. The molecule has 1 aromatic carbocycles. The van der Waals surface area contributed by atoms with Crippen molar-refractivity contribution < 1.29 is 17.6 Å². The standard InChI is InChI=1S/C16H18F4N4S/c1-2-21-15(23-9-11-3-5-12(17)6-4-11)22-8-7-14-24-13(10-25-14)16(18,19)20/h3-6,10H,2,7-9H2,1H3,(H2,21,22,23). The van der Waals surface area contributed by atoms with Crippen LogP contribution in [0.1, 0.15) is 23.2 Å². The van der Waals surface area contributed by atoms with Gasteiger partial charge in [0, 0.05) is 24.9 Å². The highest BCUT2D eigenvalue weighted by Crippen LogP contribution is 2.29. The van der Waals surface area contributed by atoms with Gasteiger partial charge in [-0.05, 0) is 24.6 Å². The molecule has 2 N–H and O–H groups in total. The lowest BCUT2D eigenvalue weighted by molar-refractivity contribution is -0.140. The highest BCUT2D eigenvalue weighted by Gasteiger charge is 2.33. The molecule has 2 rings (SSSR count). The maximum atomic E-state index is 12.9. The maximum absolute atomic E-state index is 12.9. The summed E-state index contributed by atoms with van der Waals surface area (Å²) in [4.78, 5) is 7.95. The molecule has 0 unspecified atom stereocenters. The molecule has 25 heavy (non-hydrogen) atoms. The summed E-state index contributed by atoms with van der Waals surface area (Å²) in [5, 5.41) is 7.53. The molecule has 2 aromatic rings. The van der Waals surface area contributed by atoms with Gasteiger partial charge in [-0.25, -0.2) is 14.4 Å². The number of aliphatic imine (C=N–C) groups is 1. The van der Waals surface area contributed by atoms with Crippen molar-refractivity contribution in [3.05, 3.63) is 51.7 Å². The SMILES string of the molecule is CCNC(=NCc1ccc(F)cc1)NCCc1nc(C(F)(F)F)cs1. The van der Waals surface area contributed by atoms with Crippen LogP contribution >= 0.6 is 11.3 Å². The van der Waals surface area contributed by atoms with Crippen LogP contribution in [0.4, 0.5) is 17.6 Å². The topological polar surface area (TPSA) is 49.3 Å². The fourth-order valence-corrected chi connectivity index (χ4v) is 2.75. The number of halogens is 4. The van der Waals surface area contributed by atoms with E-state index in [1.54, 1.807) is 12.1 Å². The van der Waals surface area contributed by atoms with Crippen LogP contribution in [0.25, 0.3) is 0 Å². The second-order valence-corrected chi connectivity index (χ2v) is 6.07. The van der Waals surface area contributed by atoms with Crippen molar-refractivity contribution in [2.45, 2.75) is 26.1 Å². The van der Waals surface area contributed by atoms with Crippen molar-refractivity contribution in [3.8, 4) is 0 Å². The van der Waals surface area contributed by atoms with E-state index in [0.29, 0.717) is 37.0 Å². The summed E-state index contributed by atoms with van der Waals surface area (Å²) in [5.41, 5.74) is -0.00210. The van der Waals surface area contributed by atoms with Crippen molar-refractivity contribution in [2.75, 3.05) is 13.1 Å². The van der Waals surface area contributed by atoms with Gasteiger partial charge in [0.1, 0.15) is 5.82 Å². The third-order valence-corrected chi connectivity index (χ3v) is 4.06. The first kappa shape index (κ1) is 19.2. The number of alkyl halides is 3. The number of aromatic nitrogens is 1. The van der Waals surface area contributed by atoms with Crippen LogP contribution in [0, 0.1) is 5.82 Å². The third kappa shape index (κ3) is 6.33. The van der Waals surface area contributed by atoms with Gasteiger partial charge >= 0.3 is 6.18 Å². The zero-order chi connectivity index (χ0) is 18.3. The second kappa shape index (κ2) is 8.80. The third-order valence-electron chi connectivity index (χ3n) is 3.15. The minimum Gasteiger partial charge on any atom is -0.357 e. The van der Waals surface area contributed by atoms with E-state index >= 15 is 0 Å². The zero-order valence-electron chi connectivity index (χ0n) is 13.5. The van der Waals surface area contributed by atoms with Gasteiger partial charge in [-0.1, -0.05) is 12.1 Å². The number of benzene rings is 1. The van der Waals surface area contributed by atoms with E-state index in [1.807, 2.05) is 6.92 Å². The fourth-order valence-electron chi connectivity index (χ4n) is 1.95. The Balaban J connectivity index is 1.87. The summed E-state index contributed by atoms with van der Waals surface area (Å²) in [7, 11) is 0. The van der Waals surface area contributed by atoms with E-state index in [0.717, 1.165) is 22.3 Å². The van der Waals surface area contributed by atoms with Gasteiger partial charge in [-0.15, -0.1) is 11.3 Å². The molecule has 0 bridgehead atoms. The predicted octanol–water partition coefficient (Wildman–Crippen LogP) is 3.60. The van der Waals surface area contributed by atoms with Crippen LogP contribution in [-0.4, -0.2) is 24.0 Å². The van der Waals surface area contributed by atoms with Crippen molar-refractivity contribution in [2.24, 2.45) is 4.99 Å². The van der Waals surface area contributed by atoms with E-state index < -0.39 is 11.9 Å². The summed E-state index contributed by atoms with van der Waals surface area (Å²) in [5.74, 6) is 0.235. The number of hydrogen-bond acceptors (Lipinski definition) is 3. The molecule has 136 valence electrons. The van der Waals surface area contributed by atoms with Crippen molar-refractivity contribution in [1.82, 2.24) is 15.6 Å². The average Bonchev–Trinajstić information content (AvgIpc) is 3.03. The Kier molecular flexibility index (Phi) is 6.74. The zero-order valence-corrected chi connectivity index (χ0v) is 14.3. The number of guanidine groups is 1. The molecule has 0 saturated carbocycles. The van der Waals surface area contributed by atoms with Gasteiger partial charge in [-0.2, -0.15) is 13.2 Å². The lowest BCUT2D eigenvalue weighted by atomic mass is 10.2. The maximum Gasteiger partial charge on any atom is 0.434 e. The minimum atomic E-state index is -4.41. The lowest BCUT2D eigenvalue weighted by Crippen LogP contribution is -2.38. The first-order valence-corrected chi connectivity index (χ1v) is 8.54. The first-order valence-electron chi connectivity index (χ1n) is 7.66. The highest BCUT2D eigenvalue weighted by atomic mass is 32.1. The molecule has 0 aliphatic carbocycles. The van der Waals surface area contributed by atoms with Gasteiger partial charge in [0.15, 0.2) is 11.7 Å². The molecule has 0 amide bonds. The molecular formula is C16H18F4N4S. The number of hydrogen-bond donors (Lipinski definition) is 2. The quantitative estimate of drug-likeness (QED) is 0.461. The smallest absolute Gasteiger partial charge is 0.357 e. The summed E-state index contributed by atoms with van der Waals surface area (Å²) in [6.45, 7) is 3.32. The van der Waals surface area contributed by atoms with Crippen LogP contribution in [0.3, 0.4) is 0 Å². The largest absolute Gasteiger partial charge is 0.434 e. The van der Waals surface area contributed by atoms with E-state index in [-0.39, 0.29) is 5.82 Å². The Morgan fingerprint density at radius 2 is 1.92 bits per heavy atom. The van der Waals surface area contributed by atoms with Crippen LogP contribution in [0.2, 0.25) is 0 Å². The van der Waals surface area contributed by atoms with Crippen molar-refractivity contribution in [1.29, 1.82) is 0 Å². The van der Waals surface area contributed by atoms with Crippen LogP contribution in [0.15, 0.2) is 34.6 Å². The fraction of sp³-hybridized carbons (Fsp3) is 0.375. The van der Waals surface area contributed by atoms with E-state index in [2.05, 4.69) is 20.6 Å². The predicted molar refractivity (Wildman–Crippen MR) is 90.0 cm³/mol. The molecule has 0 aliphatic heterocycles. The van der Waals surface area contributed by atoms with Gasteiger partial charge in [0.25, 0.3) is 0 Å². The first-order chi connectivity index (χ1) is 11.9. The molecule has 0 saturated heterocycles. The monoisotopic (exact) mass is 374 g/mol. The summed E-state index contributed by atoms with van der Waals surface area (Å²) in [6.07, 6.45) is -4.05. The molecule has 0 fully saturated rings. The Hall–Kier alpha value is -2.16. The van der Waals surface area contributed by atoms with E-state index in [9.17, 15) is 17.6 Å². The van der Waals surface area contributed by atoms with Crippen molar-refractivity contribution >= 4 is 17.3 Å². The van der Waals surface area contributed by atoms with Gasteiger partial charge in [0.05, 0.1) is 11.6 Å². The highest BCUT2D eigenvalue weighted by molar-refractivity contribution is 7.09. The molecule has 0 radical (unpaired) electrons. The van der Waals surface area contributed by atoms with Gasteiger partial charge in [0.2, 0.25) is 0 Å². The molecule has 0 atom stereocenters. The van der Waals surface area contributed by atoms with E-state index in [4.69, 9.17) is 0 Å². The van der Waals surface area contributed by atoms with Gasteiger partial charge in [-0.3, -0.25) is 0 Å². The minimum absolute atomic E-state index is 0.306. The summed E-state index contributed by atoms with van der Waals surface area (Å²) < 4.78 is 50.4. The Bertz CT molecular complexity index is 695. The molecule has 4 nitrogen and oxygen atoms in total. The number of thiazole rings is 1. The van der Waals surface area contributed by atoms with Crippen molar-refractivity contribution in [3.63, 3.8) is 0 Å². The Labute approximate surface area is 147 Å². The average molecular weight is 374 g/mol. The van der Waals surface area contributed by atoms with Crippen LogP contribution in [-0.2, 0) is 19.1 Å². The normalized spacial score (nSPS) is 12.3. The Morgan fingerprint density at radius 1 is 1.20 bits per heavy atom. The molecule has 1 heterocycles. The molecule has 1 aromatic heterocycles. The van der Waals surface area contributed by atoms with Crippen LogP contribution in [0.5, 0.6) is 0 Å². The van der Waals surface area contributed by atoms with E-state index in [1.165, 1.54) is 12.1 Å². The van der Waals surface area contributed by atoms with Crippen LogP contribution < -0.4 is 10.6 Å². The number of rotatable bonds is 6. The molecule has 0 aliphatic rings. The van der Waals surface area contributed by atoms with Gasteiger partial charge < -0.3 is 10.6 Å². The molecular weight excluding hydrogens is 356 g/mol. The molecule has 0 spiro atoms. The molecule has 9 heteroatoms. The summed E-state index contributed by atoms with van der Waals surface area (Å²) in [6, 6.07) is 6.03. The Morgan fingerprint density at radius 3 is 2.52 bits per heavy atom. The second-order valence-electron chi connectivity index (χ2n) is 5.12. The number of nitrogens with one attached hydrogen (secondary N) is 2. The lowest BCUT2D eigenvalue weighted by Gasteiger charge is -2.10. The number of nitrogens with zero attached hydrogens (tertiary/aromatic N) is 2.